The molecule has 1 aliphatic heterocycles. The van der Waals surface area contributed by atoms with Gasteiger partial charge in [-0.25, -0.2) is 0 Å². The highest BCUT2D eigenvalue weighted by Gasteiger charge is 2.25. The highest BCUT2D eigenvalue weighted by atomic mass is 16.5. The molecule has 0 aliphatic carbocycles. The summed E-state index contributed by atoms with van der Waals surface area (Å²) in [6.07, 6.45) is 2.10. The second-order valence-electron chi connectivity index (χ2n) is 6.40. The Kier molecular flexibility index (Phi) is 5.38. The summed E-state index contributed by atoms with van der Waals surface area (Å²) in [5.41, 5.74) is 2.22. The van der Waals surface area contributed by atoms with Crippen LogP contribution in [0.25, 0.3) is 0 Å². The molecule has 1 fully saturated rings. The van der Waals surface area contributed by atoms with E-state index in [1.54, 1.807) is 12.1 Å². The lowest BCUT2D eigenvalue weighted by molar-refractivity contribution is 0.0710. The number of carbonyl (C=O) groups is 1. The Morgan fingerprint density at radius 2 is 2.20 bits per heavy atom. The number of benzene rings is 1. The maximum absolute atomic E-state index is 12.7. The third kappa shape index (κ3) is 4.02. The number of hydrogen-bond donors (Lipinski definition) is 1. The maximum atomic E-state index is 12.7. The lowest BCUT2D eigenvalue weighted by Crippen LogP contribution is -2.40. The molecule has 1 saturated heterocycles. The van der Waals surface area contributed by atoms with Gasteiger partial charge in [-0.15, -0.1) is 0 Å². The van der Waals surface area contributed by atoms with Crippen molar-refractivity contribution in [3.8, 4) is 5.75 Å². The number of hydrogen-bond acceptors (Lipinski definition) is 5. The smallest absolute Gasteiger partial charge is 0.255 e. The first-order chi connectivity index (χ1) is 12.1. The molecule has 6 nitrogen and oxygen atoms in total. The molecule has 1 aromatic carbocycles. The predicted molar refractivity (Wildman–Crippen MR) is 92.7 cm³/mol. The van der Waals surface area contributed by atoms with Crippen LogP contribution in [0.3, 0.4) is 0 Å². The molecule has 134 valence electrons. The predicted octanol–water partition coefficient (Wildman–Crippen LogP) is 3.17. The topological polar surface area (TPSA) is 73.6 Å². The van der Waals surface area contributed by atoms with Gasteiger partial charge in [-0.1, -0.05) is 17.3 Å². The van der Waals surface area contributed by atoms with E-state index in [4.69, 9.17) is 14.0 Å². The largest absolute Gasteiger partial charge is 0.488 e. The molecule has 3 rings (SSSR count). The normalized spacial score (nSPS) is 18.1. The van der Waals surface area contributed by atoms with Crippen LogP contribution in [-0.2, 0) is 11.3 Å². The van der Waals surface area contributed by atoms with Crippen LogP contribution in [0.5, 0.6) is 5.75 Å². The SMILES string of the molecule is Cc1noc(C)c1COc1ccccc1C(=O)N[C@@H](C)[C@H]1CCCO1. The summed E-state index contributed by atoms with van der Waals surface area (Å²) in [6, 6.07) is 7.20. The monoisotopic (exact) mass is 344 g/mol. The number of nitrogens with one attached hydrogen (secondary N) is 1. The van der Waals surface area contributed by atoms with E-state index in [-0.39, 0.29) is 18.1 Å². The summed E-state index contributed by atoms with van der Waals surface area (Å²) in [4.78, 5) is 12.7. The van der Waals surface area contributed by atoms with Crippen molar-refractivity contribution in [2.24, 2.45) is 0 Å². The number of amides is 1. The van der Waals surface area contributed by atoms with E-state index < -0.39 is 0 Å². The molecule has 0 radical (unpaired) electrons. The van der Waals surface area contributed by atoms with Gasteiger partial charge in [-0.05, 0) is 45.7 Å². The first-order valence-corrected chi connectivity index (χ1v) is 8.62. The van der Waals surface area contributed by atoms with E-state index >= 15 is 0 Å². The van der Waals surface area contributed by atoms with Gasteiger partial charge in [-0.3, -0.25) is 4.79 Å². The molecule has 1 N–H and O–H groups in total. The lowest BCUT2D eigenvalue weighted by atomic mass is 10.1. The molecule has 0 bridgehead atoms. The summed E-state index contributed by atoms with van der Waals surface area (Å²) in [5, 5.41) is 6.94. The van der Waals surface area contributed by atoms with E-state index in [1.807, 2.05) is 32.9 Å². The van der Waals surface area contributed by atoms with Crippen LogP contribution in [0.2, 0.25) is 0 Å². The summed E-state index contributed by atoms with van der Waals surface area (Å²) in [7, 11) is 0. The van der Waals surface area contributed by atoms with Crippen molar-refractivity contribution in [3.63, 3.8) is 0 Å². The Bertz CT molecular complexity index is 715. The Labute approximate surface area is 147 Å². The Morgan fingerprint density at radius 3 is 2.88 bits per heavy atom. The number of rotatable bonds is 6. The van der Waals surface area contributed by atoms with Gasteiger partial charge in [0.1, 0.15) is 18.1 Å². The highest BCUT2D eigenvalue weighted by Crippen LogP contribution is 2.22. The average Bonchev–Trinajstić information content (AvgIpc) is 3.24. The van der Waals surface area contributed by atoms with Crippen LogP contribution in [0.15, 0.2) is 28.8 Å². The number of carbonyl (C=O) groups excluding carboxylic acids is 1. The standard InChI is InChI=1S/C19H24N2O4/c1-12-16(14(3)25-21-12)11-24-18-8-5-4-7-15(18)19(22)20-13(2)17-9-6-10-23-17/h4-5,7-8,13,17H,6,9-11H2,1-3H3,(H,20,22)/t13-,17+/m0/s1. The van der Waals surface area contributed by atoms with Crippen molar-refractivity contribution >= 4 is 5.91 Å². The third-order valence-electron chi connectivity index (χ3n) is 4.57. The average molecular weight is 344 g/mol. The number of ether oxygens (including phenoxy) is 2. The van der Waals surface area contributed by atoms with Crippen LogP contribution in [0.4, 0.5) is 0 Å². The zero-order valence-corrected chi connectivity index (χ0v) is 14.9. The van der Waals surface area contributed by atoms with Gasteiger partial charge in [0.05, 0.1) is 29.0 Å². The fourth-order valence-corrected chi connectivity index (χ4v) is 3.01. The highest BCUT2D eigenvalue weighted by molar-refractivity contribution is 5.97. The second-order valence-corrected chi connectivity index (χ2v) is 6.40. The van der Waals surface area contributed by atoms with Crippen molar-refractivity contribution in [1.82, 2.24) is 10.5 Å². The molecule has 0 spiro atoms. The fraction of sp³-hybridized carbons (Fsp3) is 0.474. The van der Waals surface area contributed by atoms with Crippen LogP contribution in [0.1, 0.15) is 47.1 Å². The van der Waals surface area contributed by atoms with Gasteiger partial charge in [-0.2, -0.15) is 0 Å². The van der Waals surface area contributed by atoms with Gasteiger partial charge in [0.2, 0.25) is 0 Å². The zero-order chi connectivity index (χ0) is 17.8. The van der Waals surface area contributed by atoms with Crippen LogP contribution >= 0.6 is 0 Å². The quantitative estimate of drug-likeness (QED) is 0.871. The minimum absolute atomic E-state index is 0.0365. The zero-order valence-electron chi connectivity index (χ0n) is 14.9. The van der Waals surface area contributed by atoms with Crippen molar-refractivity contribution in [2.45, 2.75) is 52.4 Å². The van der Waals surface area contributed by atoms with E-state index in [0.29, 0.717) is 17.9 Å². The minimum Gasteiger partial charge on any atom is -0.488 e. The second kappa shape index (κ2) is 7.70. The van der Waals surface area contributed by atoms with Crippen molar-refractivity contribution in [2.75, 3.05) is 6.61 Å². The van der Waals surface area contributed by atoms with Crippen LogP contribution in [-0.4, -0.2) is 29.8 Å². The molecule has 0 unspecified atom stereocenters. The summed E-state index contributed by atoms with van der Waals surface area (Å²) >= 11 is 0. The molecule has 2 atom stereocenters. The Balaban J connectivity index is 1.68. The minimum atomic E-state index is -0.155. The van der Waals surface area contributed by atoms with Gasteiger partial charge in [0.15, 0.2) is 0 Å². The molecule has 1 aliphatic rings. The Hall–Kier alpha value is -2.34. The van der Waals surface area contributed by atoms with Crippen molar-refractivity contribution in [1.29, 1.82) is 0 Å². The number of aromatic nitrogens is 1. The molecule has 2 heterocycles. The van der Waals surface area contributed by atoms with Gasteiger partial charge in [0.25, 0.3) is 5.91 Å². The first kappa shape index (κ1) is 17.5. The molecule has 25 heavy (non-hydrogen) atoms. The molecule has 1 aromatic heterocycles. The van der Waals surface area contributed by atoms with E-state index in [1.165, 1.54) is 0 Å². The molecule has 1 amide bonds. The summed E-state index contributed by atoms with van der Waals surface area (Å²) in [6.45, 7) is 6.77. The van der Waals surface area contributed by atoms with Crippen LogP contribution in [0, 0.1) is 13.8 Å². The number of nitrogens with zero attached hydrogens (tertiary/aromatic N) is 1. The van der Waals surface area contributed by atoms with Gasteiger partial charge in [0, 0.05) is 6.61 Å². The van der Waals surface area contributed by atoms with E-state index in [2.05, 4.69) is 10.5 Å². The molecule has 6 heteroatoms. The van der Waals surface area contributed by atoms with Gasteiger partial charge < -0.3 is 19.3 Å². The Morgan fingerprint density at radius 1 is 1.40 bits per heavy atom. The van der Waals surface area contributed by atoms with E-state index in [0.717, 1.165) is 36.5 Å². The lowest BCUT2D eigenvalue weighted by Gasteiger charge is -2.20. The van der Waals surface area contributed by atoms with Crippen molar-refractivity contribution < 1.29 is 18.8 Å². The maximum Gasteiger partial charge on any atom is 0.255 e. The van der Waals surface area contributed by atoms with Gasteiger partial charge >= 0.3 is 0 Å². The number of para-hydroxylation sites is 1. The summed E-state index contributed by atoms with van der Waals surface area (Å²) in [5.74, 6) is 1.11. The van der Waals surface area contributed by atoms with E-state index in [9.17, 15) is 4.79 Å². The molecular weight excluding hydrogens is 320 g/mol. The first-order valence-electron chi connectivity index (χ1n) is 8.62. The molecular formula is C19H24N2O4. The fourth-order valence-electron chi connectivity index (χ4n) is 3.01. The summed E-state index contributed by atoms with van der Waals surface area (Å²) < 4.78 is 16.7. The molecule has 0 saturated carbocycles. The van der Waals surface area contributed by atoms with Crippen LogP contribution < -0.4 is 10.1 Å². The molecule has 2 aromatic rings. The third-order valence-corrected chi connectivity index (χ3v) is 4.57. The number of aryl methyl sites for hydroxylation is 2. The van der Waals surface area contributed by atoms with Crippen molar-refractivity contribution in [3.05, 3.63) is 46.8 Å².